The van der Waals surface area contributed by atoms with E-state index in [0.717, 1.165) is 23.5 Å². The molecule has 0 saturated carbocycles. The van der Waals surface area contributed by atoms with Crippen molar-refractivity contribution in [1.82, 2.24) is 10.0 Å². The van der Waals surface area contributed by atoms with Gasteiger partial charge in [-0.15, -0.1) is 0 Å². The lowest BCUT2D eigenvalue weighted by Crippen LogP contribution is -2.44. The van der Waals surface area contributed by atoms with Gasteiger partial charge in [0.15, 0.2) is 0 Å². The van der Waals surface area contributed by atoms with Crippen molar-refractivity contribution in [2.24, 2.45) is 5.92 Å². The van der Waals surface area contributed by atoms with Gasteiger partial charge in [0, 0.05) is 13.1 Å². The van der Waals surface area contributed by atoms with Gasteiger partial charge in [-0.1, -0.05) is 18.2 Å². The van der Waals surface area contributed by atoms with Crippen LogP contribution in [0, 0.1) is 11.7 Å². The van der Waals surface area contributed by atoms with E-state index in [-0.39, 0.29) is 5.69 Å². The fourth-order valence-corrected chi connectivity index (χ4v) is 4.85. The van der Waals surface area contributed by atoms with Crippen LogP contribution in [0.1, 0.15) is 23.6 Å². The van der Waals surface area contributed by atoms with Crippen LogP contribution in [0.4, 0.5) is 23.2 Å². The first-order chi connectivity index (χ1) is 14.3. The van der Waals surface area contributed by atoms with Crippen molar-refractivity contribution >= 4 is 17.5 Å². The highest BCUT2D eigenvalue weighted by atomic mass is 19.4. The van der Waals surface area contributed by atoms with E-state index in [0.29, 0.717) is 18.7 Å². The zero-order valence-corrected chi connectivity index (χ0v) is 15.6. The second-order valence-electron chi connectivity index (χ2n) is 7.71. The van der Waals surface area contributed by atoms with Crippen LogP contribution in [0.25, 0.3) is 0 Å². The fourth-order valence-electron chi connectivity index (χ4n) is 4.85. The minimum Gasteiger partial charge on any atom is -0.274 e. The Labute approximate surface area is 169 Å². The molecule has 0 spiro atoms. The first-order valence-corrected chi connectivity index (χ1v) is 9.61. The molecule has 2 aromatic rings. The van der Waals surface area contributed by atoms with Crippen LogP contribution >= 0.6 is 0 Å². The topological polar surface area (TPSA) is 43.9 Å². The number of alkyl halides is 3. The molecule has 3 heterocycles. The molecule has 0 bridgehead atoms. The predicted octanol–water partition coefficient (Wildman–Crippen LogP) is 3.38. The fraction of sp³-hybridized carbons (Fsp3) is 0.333. The quantitative estimate of drug-likeness (QED) is 0.553. The second kappa shape index (κ2) is 6.61. The zero-order valence-electron chi connectivity index (χ0n) is 15.6. The van der Waals surface area contributed by atoms with Crippen molar-refractivity contribution in [2.45, 2.75) is 24.7 Å². The lowest BCUT2D eigenvalue weighted by atomic mass is 9.90. The van der Waals surface area contributed by atoms with Gasteiger partial charge in [0.25, 0.3) is 5.91 Å². The number of imide groups is 1. The molecular weight excluding hydrogens is 402 g/mol. The lowest BCUT2D eigenvalue weighted by Gasteiger charge is -2.29. The number of hydrazine groups is 1. The molecule has 0 aromatic heterocycles. The number of amides is 2. The number of carbonyl (C=O) groups excluding carboxylic acids is 2. The van der Waals surface area contributed by atoms with Crippen LogP contribution in [0.5, 0.6) is 0 Å². The molecule has 9 heteroatoms. The minimum atomic E-state index is -4.58. The van der Waals surface area contributed by atoms with E-state index in [1.54, 1.807) is 12.1 Å². The van der Waals surface area contributed by atoms with Gasteiger partial charge in [-0.25, -0.2) is 19.3 Å². The average molecular weight is 419 g/mol. The summed E-state index contributed by atoms with van der Waals surface area (Å²) < 4.78 is 52.8. The minimum absolute atomic E-state index is 0.0853. The average Bonchev–Trinajstić information content (AvgIpc) is 3.34. The summed E-state index contributed by atoms with van der Waals surface area (Å²) in [4.78, 5) is 27.4. The third-order valence-electron chi connectivity index (χ3n) is 6.05. The summed E-state index contributed by atoms with van der Waals surface area (Å²) in [6.45, 7) is 1.23. The first kappa shape index (κ1) is 19.2. The van der Waals surface area contributed by atoms with E-state index in [2.05, 4.69) is 0 Å². The monoisotopic (exact) mass is 419 g/mol. The molecule has 156 valence electrons. The summed E-state index contributed by atoms with van der Waals surface area (Å²) in [5.74, 6) is -2.24. The van der Waals surface area contributed by atoms with Gasteiger partial charge in [0.1, 0.15) is 11.9 Å². The maximum atomic E-state index is 13.4. The van der Waals surface area contributed by atoms with Crippen LogP contribution in [0.3, 0.4) is 0 Å². The Bertz CT molecular complexity index is 1020. The highest BCUT2D eigenvalue weighted by Crippen LogP contribution is 2.49. The summed E-state index contributed by atoms with van der Waals surface area (Å²) >= 11 is 0. The molecule has 0 aliphatic carbocycles. The maximum Gasteiger partial charge on any atom is 0.416 e. The largest absolute Gasteiger partial charge is 0.416 e. The van der Waals surface area contributed by atoms with E-state index in [9.17, 15) is 27.2 Å². The van der Waals surface area contributed by atoms with Crippen LogP contribution < -0.4 is 4.90 Å². The molecule has 30 heavy (non-hydrogen) atoms. The Morgan fingerprint density at radius 1 is 0.867 bits per heavy atom. The number of anilines is 1. The van der Waals surface area contributed by atoms with Gasteiger partial charge in [-0.3, -0.25) is 9.59 Å². The lowest BCUT2D eigenvalue weighted by molar-refractivity contribution is -0.137. The van der Waals surface area contributed by atoms with Crippen molar-refractivity contribution in [2.75, 3.05) is 18.0 Å². The SMILES string of the molecule is O=C1C2C(C(=O)N1c1cccc(C(F)(F)F)c1)N1CCCN1C2c1ccc(F)cc1. The molecule has 3 saturated heterocycles. The Hall–Kier alpha value is -2.78. The number of hydrogen-bond acceptors (Lipinski definition) is 4. The summed E-state index contributed by atoms with van der Waals surface area (Å²) in [7, 11) is 0. The summed E-state index contributed by atoms with van der Waals surface area (Å²) in [6.07, 6.45) is -3.79. The van der Waals surface area contributed by atoms with E-state index in [1.165, 1.54) is 24.3 Å². The van der Waals surface area contributed by atoms with Crippen molar-refractivity contribution < 1.29 is 27.2 Å². The highest BCUT2D eigenvalue weighted by molar-refractivity contribution is 6.24. The van der Waals surface area contributed by atoms with Gasteiger partial charge < -0.3 is 0 Å². The maximum absolute atomic E-state index is 13.4. The zero-order chi connectivity index (χ0) is 21.2. The summed E-state index contributed by atoms with van der Waals surface area (Å²) in [5.41, 5.74) is -0.309. The Balaban J connectivity index is 1.56. The van der Waals surface area contributed by atoms with Crippen LogP contribution in [0.15, 0.2) is 48.5 Å². The van der Waals surface area contributed by atoms with Gasteiger partial charge in [0.2, 0.25) is 5.91 Å². The smallest absolute Gasteiger partial charge is 0.274 e. The molecule has 0 radical (unpaired) electrons. The number of halogens is 4. The van der Waals surface area contributed by atoms with E-state index >= 15 is 0 Å². The van der Waals surface area contributed by atoms with Gasteiger partial charge in [-0.2, -0.15) is 13.2 Å². The van der Waals surface area contributed by atoms with E-state index in [4.69, 9.17) is 0 Å². The predicted molar refractivity (Wildman–Crippen MR) is 98.4 cm³/mol. The van der Waals surface area contributed by atoms with E-state index in [1.807, 2.05) is 10.0 Å². The molecule has 5 nitrogen and oxygen atoms in total. The Kier molecular flexibility index (Phi) is 4.23. The second-order valence-corrected chi connectivity index (χ2v) is 7.71. The molecule has 3 aliphatic heterocycles. The number of fused-ring (bicyclic) bond motifs is 3. The number of rotatable bonds is 2. The van der Waals surface area contributed by atoms with Gasteiger partial charge in [0.05, 0.1) is 23.2 Å². The summed E-state index contributed by atoms with van der Waals surface area (Å²) in [6, 6.07) is 8.78. The Morgan fingerprint density at radius 3 is 2.20 bits per heavy atom. The number of benzene rings is 2. The third-order valence-corrected chi connectivity index (χ3v) is 6.05. The molecule has 3 aliphatic rings. The van der Waals surface area contributed by atoms with Crippen molar-refractivity contribution in [1.29, 1.82) is 0 Å². The molecule has 3 unspecified atom stereocenters. The molecule has 3 atom stereocenters. The molecule has 2 aromatic carbocycles. The highest BCUT2D eigenvalue weighted by Gasteiger charge is 2.62. The number of carbonyl (C=O) groups is 2. The normalized spacial score (nSPS) is 27.1. The van der Waals surface area contributed by atoms with Crippen molar-refractivity contribution in [3.63, 3.8) is 0 Å². The standard InChI is InChI=1S/C21H17F4N3O2/c22-14-7-5-12(6-8-14)17-16-18(27-10-2-9-26(17)27)20(30)28(19(16)29)15-4-1-3-13(11-15)21(23,24)25/h1,3-8,11,16-18H,2,9-10H2. The molecule has 5 rings (SSSR count). The molecule has 3 fully saturated rings. The van der Waals surface area contributed by atoms with Crippen LogP contribution in [-0.2, 0) is 15.8 Å². The molecule has 2 amide bonds. The van der Waals surface area contributed by atoms with Crippen molar-refractivity contribution in [3.05, 3.63) is 65.5 Å². The number of hydrogen-bond donors (Lipinski definition) is 0. The van der Waals surface area contributed by atoms with Crippen LogP contribution in [-0.4, -0.2) is 41.0 Å². The number of nitrogens with zero attached hydrogens (tertiary/aromatic N) is 3. The molecular formula is C21H17F4N3O2. The van der Waals surface area contributed by atoms with Crippen molar-refractivity contribution in [3.8, 4) is 0 Å². The van der Waals surface area contributed by atoms with Gasteiger partial charge in [-0.05, 0) is 42.3 Å². The van der Waals surface area contributed by atoms with Gasteiger partial charge >= 0.3 is 6.18 Å². The van der Waals surface area contributed by atoms with E-state index < -0.39 is 47.4 Å². The van der Waals surface area contributed by atoms with Crippen LogP contribution in [0.2, 0.25) is 0 Å². The molecule has 0 N–H and O–H groups in total. The Morgan fingerprint density at radius 2 is 1.53 bits per heavy atom. The summed E-state index contributed by atoms with van der Waals surface area (Å²) in [5, 5.41) is 3.80. The third kappa shape index (κ3) is 2.76. The first-order valence-electron chi connectivity index (χ1n) is 9.61.